The summed E-state index contributed by atoms with van der Waals surface area (Å²) < 4.78 is 0. The lowest BCUT2D eigenvalue weighted by atomic mass is 10.1. The number of anilines is 1. The van der Waals surface area contributed by atoms with Crippen LogP contribution in [0.25, 0.3) is 10.8 Å². The maximum Gasteiger partial charge on any atom is 0.319 e. The van der Waals surface area contributed by atoms with Gasteiger partial charge in [-0.05, 0) is 24.3 Å². The number of amides is 3. The molecule has 1 fully saturated rings. The number of rotatable bonds is 3. The molecule has 0 spiro atoms. The highest BCUT2D eigenvalue weighted by Crippen LogP contribution is 2.22. The zero-order valence-electron chi connectivity index (χ0n) is 13.4. The fourth-order valence-electron chi connectivity index (χ4n) is 2.88. The summed E-state index contributed by atoms with van der Waals surface area (Å²) in [5.74, 6) is -0.130. The Hall–Kier alpha value is -2.60. The standard InChI is InChI=1S/C18H21N3O3/c22-14-8-10-21(11-9-14)17(23)12-19-18(24)20-16-7-3-5-13-4-1-2-6-15(13)16/h1-7,14,22H,8-12H2,(H2,19,20,24). The van der Waals surface area contributed by atoms with Gasteiger partial charge in [0.15, 0.2) is 0 Å². The van der Waals surface area contributed by atoms with Gasteiger partial charge in [0.2, 0.25) is 5.91 Å². The van der Waals surface area contributed by atoms with Gasteiger partial charge in [-0.25, -0.2) is 4.79 Å². The van der Waals surface area contributed by atoms with Gasteiger partial charge in [-0.15, -0.1) is 0 Å². The molecule has 0 radical (unpaired) electrons. The van der Waals surface area contributed by atoms with E-state index in [0.717, 1.165) is 10.8 Å². The van der Waals surface area contributed by atoms with Crippen molar-refractivity contribution in [1.82, 2.24) is 10.2 Å². The van der Waals surface area contributed by atoms with Gasteiger partial charge in [-0.3, -0.25) is 4.79 Å². The molecule has 1 saturated heterocycles. The summed E-state index contributed by atoms with van der Waals surface area (Å²) >= 11 is 0. The molecule has 3 N–H and O–H groups in total. The van der Waals surface area contributed by atoms with E-state index in [1.54, 1.807) is 4.90 Å². The summed E-state index contributed by atoms with van der Waals surface area (Å²) in [4.78, 5) is 25.8. The Labute approximate surface area is 140 Å². The van der Waals surface area contributed by atoms with Crippen LogP contribution < -0.4 is 10.6 Å². The summed E-state index contributed by atoms with van der Waals surface area (Å²) in [6.07, 6.45) is 0.860. The van der Waals surface area contributed by atoms with E-state index in [1.807, 2.05) is 42.5 Å². The summed E-state index contributed by atoms with van der Waals surface area (Å²) in [6, 6.07) is 13.1. The largest absolute Gasteiger partial charge is 0.393 e. The average molecular weight is 327 g/mol. The van der Waals surface area contributed by atoms with Crippen LogP contribution in [0.3, 0.4) is 0 Å². The summed E-state index contributed by atoms with van der Waals surface area (Å²) in [6.45, 7) is 1.02. The molecule has 1 heterocycles. The van der Waals surface area contributed by atoms with Crippen molar-refractivity contribution in [2.45, 2.75) is 18.9 Å². The third-order valence-electron chi connectivity index (χ3n) is 4.26. The second-order valence-corrected chi connectivity index (χ2v) is 5.95. The van der Waals surface area contributed by atoms with Crippen LogP contribution in [0.1, 0.15) is 12.8 Å². The van der Waals surface area contributed by atoms with Crippen molar-refractivity contribution in [3.8, 4) is 0 Å². The van der Waals surface area contributed by atoms with E-state index in [4.69, 9.17) is 0 Å². The molecule has 6 heteroatoms. The van der Waals surface area contributed by atoms with Gasteiger partial charge < -0.3 is 20.6 Å². The Kier molecular flexibility index (Phi) is 4.96. The van der Waals surface area contributed by atoms with Crippen LogP contribution in [0.15, 0.2) is 42.5 Å². The van der Waals surface area contributed by atoms with Crippen LogP contribution in [-0.2, 0) is 4.79 Å². The Morgan fingerprint density at radius 3 is 2.58 bits per heavy atom. The maximum atomic E-state index is 12.1. The molecule has 0 atom stereocenters. The van der Waals surface area contributed by atoms with Gasteiger partial charge in [0, 0.05) is 18.5 Å². The lowest BCUT2D eigenvalue weighted by Gasteiger charge is -2.29. The topological polar surface area (TPSA) is 81.7 Å². The van der Waals surface area contributed by atoms with E-state index in [-0.39, 0.29) is 18.6 Å². The number of aliphatic hydroxyl groups excluding tert-OH is 1. The van der Waals surface area contributed by atoms with Crippen LogP contribution in [0.4, 0.5) is 10.5 Å². The van der Waals surface area contributed by atoms with E-state index in [0.29, 0.717) is 31.6 Å². The molecule has 1 aliphatic rings. The molecule has 0 unspecified atom stereocenters. The van der Waals surface area contributed by atoms with Crippen molar-refractivity contribution < 1.29 is 14.7 Å². The minimum absolute atomic E-state index is 0.0489. The first-order chi connectivity index (χ1) is 11.6. The predicted molar refractivity (Wildman–Crippen MR) is 92.8 cm³/mol. The number of carbonyl (C=O) groups excluding carboxylic acids is 2. The van der Waals surface area contributed by atoms with Crippen molar-refractivity contribution in [2.75, 3.05) is 25.0 Å². The van der Waals surface area contributed by atoms with Crippen LogP contribution in [-0.4, -0.2) is 47.7 Å². The third-order valence-corrected chi connectivity index (χ3v) is 4.26. The molecule has 6 nitrogen and oxygen atoms in total. The van der Waals surface area contributed by atoms with Crippen molar-refractivity contribution >= 4 is 28.4 Å². The highest BCUT2D eigenvalue weighted by Gasteiger charge is 2.21. The Morgan fingerprint density at radius 2 is 1.79 bits per heavy atom. The van der Waals surface area contributed by atoms with Gasteiger partial charge >= 0.3 is 6.03 Å². The number of aliphatic hydroxyl groups is 1. The Balaban J connectivity index is 1.55. The van der Waals surface area contributed by atoms with Gasteiger partial charge in [0.25, 0.3) is 0 Å². The van der Waals surface area contributed by atoms with Gasteiger partial charge in [-0.1, -0.05) is 36.4 Å². The first kappa shape index (κ1) is 16.3. The van der Waals surface area contributed by atoms with E-state index in [9.17, 15) is 14.7 Å². The molecule has 2 aromatic carbocycles. The fraction of sp³-hybridized carbons (Fsp3) is 0.333. The number of benzene rings is 2. The number of hydrogen-bond donors (Lipinski definition) is 3. The van der Waals surface area contributed by atoms with Crippen LogP contribution >= 0.6 is 0 Å². The van der Waals surface area contributed by atoms with Crippen molar-refractivity contribution in [1.29, 1.82) is 0 Å². The number of urea groups is 1. The minimum atomic E-state index is -0.406. The first-order valence-electron chi connectivity index (χ1n) is 8.12. The first-order valence-corrected chi connectivity index (χ1v) is 8.12. The maximum absolute atomic E-state index is 12.1. The lowest BCUT2D eigenvalue weighted by molar-refractivity contribution is -0.132. The average Bonchev–Trinajstić information content (AvgIpc) is 2.61. The van der Waals surface area contributed by atoms with Crippen molar-refractivity contribution in [3.05, 3.63) is 42.5 Å². The number of piperidine rings is 1. The second kappa shape index (κ2) is 7.31. The molecule has 3 amide bonds. The van der Waals surface area contributed by atoms with E-state index >= 15 is 0 Å². The lowest BCUT2D eigenvalue weighted by Crippen LogP contribution is -2.45. The van der Waals surface area contributed by atoms with Gasteiger partial charge in [-0.2, -0.15) is 0 Å². The summed E-state index contributed by atoms with van der Waals surface area (Å²) in [5, 5.41) is 16.8. The van der Waals surface area contributed by atoms with Crippen LogP contribution in [0.2, 0.25) is 0 Å². The summed E-state index contributed by atoms with van der Waals surface area (Å²) in [5.41, 5.74) is 0.708. The monoisotopic (exact) mass is 327 g/mol. The number of carbonyl (C=O) groups is 2. The zero-order chi connectivity index (χ0) is 16.9. The zero-order valence-corrected chi connectivity index (χ0v) is 13.4. The van der Waals surface area contributed by atoms with Crippen LogP contribution in [0, 0.1) is 0 Å². The number of nitrogens with zero attached hydrogens (tertiary/aromatic N) is 1. The third kappa shape index (κ3) is 3.83. The molecule has 0 bridgehead atoms. The molecule has 0 saturated carbocycles. The predicted octanol–water partition coefficient (Wildman–Crippen LogP) is 1.94. The number of hydrogen-bond acceptors (Lipinski definition) is 3. The molecule has 2 aromatic rings. The number of fused-ring (bicyclic) bond motifs is 1. The number of nitrogens with one attached hydrogen (secondary N) is 2. The normalized spacial score (nSPS) is 15.3. The minimum Gasteiger partial charge on any atom is -0.393 e. The SMILES string of the molecule is O=C(NCC(=O)N1CCC(O)CC1)Nc1cccc2ccccc12. The molecule has 0 aromatic heterocycles. The smallest absolute Gasteiger partial charge is 0.319 e. The Morgan fingerprint density at radius 1 is 1.08 bits per heavy atom. The molecule has 126 valence electrons. The molecule has 1 aliphatic heterocycles. The Bertz CT molecular complexity index is 734. The summed E-state index contributed by atoms with van der Waals surface area (Å²) in [7, 11) is 0. The molecule has 0 aliphatic carbocycles. The van der Waals surface area contributed by atoms with E-state index in [2.05, 4.69) is 10.6 Å². The highest BCUT2D eigenvalue weighted by molar-refractivity contribution is 6.02. The quantitative estimate of drug-likeness (QED) is 0.806. The van der Waals surface area contributed by atoms with E-state index < -0.39 is 6.03 Å². The second-order valence-electron chi connectivity index (χ2n) is 5.95. The number of likely N-dealkylation sites (tertiary alicyclic amines) is 1. The van der Waals surface area contributed by atoms with Gasteiger partial charge in [0.1, 0.15) is 0 Å². The fourth-order valence-corrected chi connectivity index (χ4v) is 2.88. The molecule has 3 rings (SSSR count). The molecular weight excluding hydrogens is 306 g/mol. The van der Waals surface area contributed by atoms with Gasteiger partial charge in [0.05, 0.1) is 18.3 Å². The molecular formula is C18H21N3O3. The van der Waals surface area contributed by atoms with Crippen molar-refractivity contribution in [3.63, 3.8) is 0 Å². The van der Waals surface area contributed by atoms with Crippen LogP contribution in [0.5, 0.6) is 0 Å². The van der Waals surface area contributed by atoms with Crippen molar-refractivity contribution in [2.24, 2.45) is 0 Å². The molecule has 24 heavy (non-hydrogen) atoms. The van der Waals surface area contributed by atoms with E-state index in [1.165, 1.54) is 0 Å². The highest BCUT2D eigenvalue weighted by atomic mass is 16.3.